The molecule has 0 aromatic carbocycles. The van der Waals surface area contributed by atoms with Crippen LogP contribution in [0.5, 0.6) is 0 Å². The molecule has 0 rings (SSSR count). The van der Waals surface area contributed by atoms with Gasteiger partial charge in [0.1, 0.15) is 0 Å². The van der Waals surface area contributed by atoms with E-state index in [0.717, 1.165) is 13.1 Å². The summed E-state index contributed by atoms with van der Waals surface area (Å²) in [5.41, 5.74) is 0. The molecule has 0 aromatic rings. The van der Waals surface area contributed by atoms with Crippen LogP contribution in [0.4, 0.5) is 0 Å². The minimum absolute atomic E-state index is 1.14. The van der Waals surface area contributed by atoms with Gasteiger partial charge in [0.15, 0.2) is 0 Å². The second-order valence-electron chi connectivity index (χ2n) is 1.46. The molecule has 1 N–H and O–H groups in total. The van der Waals surface area contributed by atoms with Crippen molar-refractivity contribution in [1.29, 1.82) is 0 Å². The summed E-state index contributed by atoms with van der Waals surface area (Å²) in [7, 11) is 3.79. The molecule has 6 heavy (non-hydrogen) atoms. The summed E-state index contributed by atoms with van der Waals surface area (Å²) in [5, 5.41) is 0. The van der Waals surface area contributed by atoms with E-state index in [0.29, 0.717) is 0 Å². The highest BCUT2D eigenvalue weighted by molar-refractivity contribution is 4.08. The van der Waals surface area contributed by atoms with Crippen molar-refractivity contribution in [2.45, 2.75) is 13.8 Å². The lowest BCUT2D eigenvalue weighted by molar-refractivity contribution is -0.849. The molecule has 0 saturated heterocycles. The SMILES string of the molecule is [CH2-][NH+](CC)CC. The van der Waals surface area contributed by atoms with E-state index >= 15 is 0 Å². The topological polar surface area (TPSA) is 4.44 Å². The minimum Gasteiger partial charge on any atom is -0.468 e. The van der Waals surface area contributed by atoms with Crippen molar-refractivity contribution < 1.29 is 4.90 Å². The molecule has 0 atom stereocenters. The molecule has 0 radical (unpaired) electrons. The molecular formula is C5H13N. The van der Waals surface area contributed by atoms with E-state index < -0.39 is 0 Å². The Hall–Kier alpha value is -0.0400. The first-order valence-corrected chi connectivity index (χ1v) is 2.47. The van der Waals surface area contributed by atoms with Gasteiger partial charge in [-0.05, 0) is 13.8 Å². The summed E-state index contributed by atoms with van der Waals surface area (Å²) in [6.07, 6.45) is 0. The summed E-state index contributed by atoms with van der Waals surface area (Å²) in [6, 6.07) is 0. The average molecular weight is 87.2 g/mol. The number of hydrogen-bond donors (Lipinski definition) is 1. The van der Waals surface area contributed by atoms with Gasteiger partial charge in [0.2, 0.25) is 0 Å². The second-order valence-corrected chi connectivity index (χ2v) is 1.46. The second kappa shape index (κ2) is 3.16. The molecule has 0 fully saturated rings. The maximum atomic E-state index is 3.79. The van der Waals surface area contributed by atoms with Crippen LogP contribution in [0.2, 0.25) is 0 Å². The van der Waals surface area contributed by atoms with Crippen molar-refractivity contribution in [3.63, 3.8) is 0 Å². The monoisotopic (exact) mass is 87.1 g/mol. The fraction of sp³-hybridized carbons (Fsp3) is 0.800. The standard InChI is InChI=1S/C5H13N/c1-4-6(3)5-2/h6H,3-5H2,1-2H3. The molecule has 0 heterocycles. The zero-order valence-corrected chi connectivity index (χ0v) is 4.62. The molecule has 0 aromatic heterocycles. The third-order valence-corrected chi connectivity index (χ3v) is 1.000. The Kier molecular flexibility index (Phi) is 3.14. The number of rotatable bonds is 2. The van der Waals surface area contributed by atoms with Crippen molar-refractivity contribution in [2.24, 2.45) is 0 Å². The zero-order valence-electron chi connectivity index (χ0n) is 4.62. The highest BCUT2D eigenvalue weighted by Gasteiger charge is 1.77. The summed E-state index contributed by atoms with van der Waals surface area (Å²) in [5.74, 6) is 0. The van der Waals surface area contributed by atoms with Gasteiger partial charge in [0.05, 0.1) is 13.1 Å². The number of quaternary nitrogens is 1. The van der Waals surface area contributed by atoms with Gasteiger partial charge in [-0.2, -0.15) is 7.05 Å². The summed E-state index contributed by atoms with van der Waals surface area (Å²) >= 11 is 0. The molecule has 0 aliphatic rings. The normalized spacial score (nSPS) is 10.0. The van der Waals surface area contributed by atoms with Gasteiger partial charge in [-0.3, -0.25) is 0 Å². The molecule has 0 aliphatic heterocycles. The van der Waals surface area contributed by atoms with Crippen molar-refractivity contribution in [1.82, 2.24) is 0 Å². The highest BCUT2D eigenvalue weighted by Crippen LogP contribution is 1.39. The van der Waals surface area contributed by atoms with Gasteiger partial charge in [-0.25, -0.2) is 0 Å². The van der Waals surface area contributed by atoms with Gasteiger partial charge in [0, 0.05) is 0 Å². The quantitative estimate of drug-likeness (QED) is 0.441. The van der Waals surface area contributed by atoms with Crippen LogP contribution in [0.1, 0.15) is 13.8 Å². The highest BCUT2D eigenvalue weighted by atomic mass is 15.1. The van der Waals surface area contributed by atoms with Crippen LogP contribution in [0.15, 0.2) is 0 Å². The van der Waals surface area contributed by atoms with Gasteiger partial charge < -0.3 is 4.90 Å². The van der Waals surface area contributed by atoms with Crippen molar-refractivity contribution in [2.75, 3.05) is 13.1 Å². The predicted octanol–water partition coefficient (Wildman–Crippen LogP) is -0.297. The average Bonchev–Trinajstić information content (AvgIpc) is 1.65. The van der Waals surface area contributed by atoms with Crippen LogP contribution in [0.25, 0.3) is 0 Å². The van der Waals surface area contributed by atoms with Crippen LogP contribution < -0.4 is 4.90 Å². The van der Waals surface area contributed by atoms with E-state index in [9.17, 15) is 0 Å². The van der Waals surface area contributed by atoms with Crippen LogP contribution in [-0.4, -0.2) is 13.1 Å². The molecule has 1 heteroatoms. The maximum absolute atomic E-state index is 3.79. The van der Waals surface area contributed by atoms with E-state index in [1.165, 1.54) is 4.90 Å². The van der Waals surface area contributed by atoms with Crippen LogP contribution in [-0.2, 0) is 0 Å². The van der Waals surface area contributed by atoms with Gasteiger partial charge in [-0.1, -0.05) is 0 Å². The molecule has 0 spiro atoms. The predicted molar refractivity (Wildman–Crippen MR) is 27.4 cm³/mol. The van der Waals surface area contributed by atoms with Crippen LogP contribution in [0.3, 0.4) is 0 Å². The van der Waals surface area contributed by atoms with Crippen LogP contribution in [0, 0.1) is 7.05 Å². The molecule has 0 unspecified atom stereocenters. The largest absolute Gasteiger partial charge is 0.468 e. The third-order valence-electron chi connectivity index (χ3n) is 1.000. The lowest BCUT2D eigenvalue weighted by Crippen LogP contribution is -3.06. The van der Waals surface area contributed by atoms with E-state index in [-0.39, 0.29) is 0 Å². The molecule has 1 nitrogen and oxygen atoms in total. The molecule has 0 saturated carbocycles. The van der Waals surface area contributed by atoms with E-state index in [1.54, 1.807) is 0 Å². The van der Waals surface area contributed by atoms with E-state index in [4.69, 9.17) is 0 Å². The Morgan fingerprint density at radius 3 is 1.67 bits per heavy atom. The smallest absolute Gasteiger partial charge is 0.0501 e. The molecule has 0 bridgehead atoms. The Bertz CT molecular complexity index is 23.1. The molecular weight excluding hydrogens is 74.1 g/mol. The first-order chi connectivity index (χ1) is 2.81. The lowest BCUT2D eigenvalue weighted by atomic mass is 10.6. The van der Waals surface area contributed by atoms with Gasteiger partial charge in [-0.15, -0.1) is 0 Å². The number of hydrogen-bond acceptors (Lipinski definition) is 0. The molecule has 0 amide bonds. The van der Waals surface area contributed by atoms with Crippen LogP contribution >= 0.6 is 0 Å². The van der Waals surface area contributed by atoms with E-state index in [1.807, 2.05) is 0 Å². The summed E-state index contributed by atoms with van der Waals surface area (Å²) < 4.78 is 0. The first kappa shape index (κ1) is 5.96. The Morgan fingerprint density at radius 2 is 1.67 bits per heavy atom. The summed E-state index contributed by atoms with van der Waals surface area (Å²) in [6.45, 7) is 6.53. The maximum Gasteiger partial charge on any atom is 0.0501 e. The first-order valence-electron chi connectivity index (χ1n) is 2.47. The molecule has 0 aliphatic carbocycles. The van der Waals surface area contributed by atoms with Gasteiger partial charge in [0.25, 0.3) is 0 Å². The Morgan fingerprint density at radius 1 is 1.33 bits per heavy atom. The Balaban J connectivity index is 2.75. The fourth-order valence-corrected chi connectivity index (χ4v) is 0.250. The van der Waals surface area contributed by atoms with Crippen molar-refractivity contribution >= 4 is 0 Å². The number of nitrogens with one attached hydrogen (secondary N) is 1. The van der Waals surface area contributed by atoms with E-state index in [2.05, 4.69) is 20.9 Å². The molecule has 38 valence electrons. The van der Waals surface area contributed by atoms with Crippen molar-refractivity contribution in [3.05, 3.63) is 7.05 Å². The summed E-state index contributed by atoms with van der Waals surface area (Å²) in [4.78, 5) is 1.34. The van der Waals surface area contributed by atoms with Crippen molar-refractivity contribution in [3.8, 4) is 0 Å². The third kappa shape index (κ3) is 2.21. The fourth-order valence-electron chi connectivity index (χ4n) is 0.250. The minimum atomic E-state index is 1.14. The van der Waals surface area contributed by atoms with Gasteiger partial charge >= 0.3 is 0 Å². The zero-order chi connectivity index (χ0) is 4.99. The Labute approximate surface area is 40.0 Å². The lowest BCUT2D eigenvalue weighted by Gasteiger charge is -2.14.